The van der Waals surface area contributed by atoms with Gasteiger partial charge in [-0.25, -0.2) is 0 Å². The van der Waals surface area contributed by atoms with Crippen LogP contribution in [0.1, 0.15) is 34.3 Å². The van der Waals surface area contributed by atoms with E-state index in [0.29, 0.717) is 11.3 Å². The number of nitrogens with one attached hydrogen (secondary N) is 3. The molecule has 0 radical (unpaired) electrons. The molecule has 0 bridgehead atoms. The maximum atomic E-state index is 12.2. The third-order valence-corrected chi connectivity index (χ3v) is 4.52. The molecule has 0 heterocycles. The summed E-state index contributed by atoms with van der Waals surface area (Å²) in [4.78, 5) is 36.1. The Morgan fingerprint density at radius 3 is 2.15 bits per heavy atom. The summed E-state index contributed by atoms with van der Waals surface area (Å²) in [5, 5.41) is 8.26. The highest BCUT2D eigenvalue weighted by atomic mass is 16.2. The number of rotatable bonds is 6. The zero-order chi connectivity index (χ0) is 19.4. The Morgan fingerprint density at radius 2 is 1.56 bits per heavy atom. The molecule has 2 aromatic carbocycles. The van der Waals surface area contributed by atoms with Crippen molar-refractivity contribution in [1.29, 1.82) is 0 Å². The fraction of sp³-hybridized carbons (Fsp3) is 0.286. The van der Waals surface area contributed by atoms with Crippen LogP contribution in [0, 0.1) is 19.8 Å². The monoisotopic (exact) mass is 365 g/mol. The number of aryl methyl sites for hydroxylation is 2. The Bertz CT molecular complexity index is 850. The van der Waals surface area contributed by atoms with Crippen molar-refractivity contribution in [2.75, 3.05) is 17.2 Å². The first-order valence-electron chi connectivity index (χ1n) is 8.99. The van der Waals surface area contributed by atoms with Crippen LogP contribution < -0.4 is 16.0 Å². The minimum absolute atomic E-state index is 0.0235. The van der Waals surface area contributed by atoms with Gasteiger partial charge in [0.2, 0.25) is 11.8 Å². The van der Waals surface area contributed by atoms with E-state index in [1.807, 2.05) is 32.0 Å². The van der Waals surface area contributed by atoms with E-state index in [1.165, 1.54) is 0 Å². The molecule has 6 heteroatoms. The number of hydrogen-bond acceptors (Lipinski definition) is 3. The van der Waals surface area contributed by atoms with E-state index >= 15 is 0 Å². The quantitative estimate of drug-likeness (QED) is 0.735. The Balaban J connectivity index is 1.51. The highest BCUT2D eigenvalue weighted by molar-refractivity contribution is 6.00. The van der Waals surface area contributed by atoms with Gasteiger partial charge in [-0.15, -0.1) is 0 Å². The highest BCUT2D eigenvalue weighted by Gasteiger charge is 2.29. The van der Waals surface area contributed by atoms with Gasteiger partial charge in [0, 0.05) is 22.9 Å². The van der Waals surface area contributed by atoms with Gasteiger partial charge in [-0.3, -0.25) is 14.4 Å². The molecule has 0 unspecified atom stereocenters. The lowest BCUT2D eigenvalue weighted by Crippen LogP contribution is -2.33. The van der Waals surface area contributed by atoms with Gasteiger partial charge in [0.05, 0.1) is 6.54 Å². The van der Waals surface area contributed by atoms with Gasteiger partial charge in [0.1, 0.15) is 0 Å². The van der Waals surface area contributed by atoms with Crippen LogP contribution in [-0.2, 0) is 9.59 Å². The second-order valence-electron chi connectivity index (χ2n) is 6.84. The van der Waals surface area contributed by atoms with Gasteiger partial charge in [-0.2, -0.15) is 0 Å². The summed E-state index contributed by atoms with van der Waals surface area (Å²) in [6.07, 6.45) is 1.88. The van der Waals surface area contributed by atoms with E-state index in [0.717, 1.165) is 29.7 Å². The Hall–Kier alpha value is -3.15. The first-order chi connectivity index (χ1) is 12.9. The summed E-state index contributed by atoms with van der Waals surface area (Å²) >= 11 is 0. The number of para-hydroxylation sites is 1. The van der Waals surface area contributed by atoms with Gasteiger partial charge in [0.15, 0.2) is 0 Å². The van der Waals surface area contributed by atoms with Crippen molar-refractivity contribution in [3.05, 3.63) is 59.2 Å². The molecule has 3 rings (SSSR count). The zero-order valence-electron chi connectivity index (χ0n) is 15.5. The predicted octanol–water partition coefficient (Wildman–Crippen LogP) is 3.02. The van der Waals surface area contributed by atoms with E-state index in [4.69, 9.17) is 0 Å². The lowest BCUT2D eigenvalue weighted by molar-refractivity contribution is -0.117. The minimum Gasteiger partial charge on any atom is -0.343 e. The standard InChI is InChI=1S/C21H23N3O3/c1-13-4-3-5-14(2)19(13)24-18(25)12-22-20(26)15-8-10-17(11-9-15)23-21(27)16-6-7-16/h3-5,8-11,16H,6-7,12H2,1-2H3,(H,22,26)(H,23,27)(H,24,25). The van der Waals surface area contributed by atoms with Crippen molar-refractivity contribution in [3.63, 3.8) is 0 Å². The van der Waals surface area contributed by atoms with E-state index in [1.54, 1.807) is 24.3 Å². The Labute approximate surface area is 158 Å². The molecular weight excluding hydrogens is 342 g/mol. The molecule has 0 aliphatic heterocycles. The average molecular weight is 365 g/mol. The number of anilines is 2. The Kier molecular flexibility index (Phi) is 5.54. The zero-order valence-corrected chi connectivity index (χ0v) is 15.5. The van der Waals surface area contributed by atoms with Crippen molar-refractivity contribution >= 4 is 29.1 Å². The van der Waals surface area contributed by atoms with Gasteiger partial charge < -0.3 is 16.0 Å². The highest BCUT2D eigenvalue weighted by Crippen LogP contribution is 2.30. The number of hydrogen-bond donors (Lipinski definition) is 3. The SMILES string of the molecule is Cc1cccc(C)c1NC(=O)CNC(=O)c1ccc(NC(=O)C2CC2)cc1. The smallest absolute Gasteiger partial charge is 0.251 e. The minimum atomic E-state index is -0.341. The molecule has 3 amide bonds. The predicted molar refractivity (Wildman–Crippen MR) is 105 cm³/mol. The van der Waals surface area contributed by atoms with E-state index in [2.05, 4.69) is 16.0 Å². The van der Waals surface area contributed by atoms with Crippen molar-refractivity contribution in [1.82, 2.24) is 5.32 Å². The fourth-order valence-corrected chi connectivity index (χ4v) is 2.75. The van der Waals surface area contributed by atoms with Gasteiger partial charge in [-0.1, -0.05) is 18.2 Å². The summed E-state index contributed by atoms with van der Waals surface area (Å²) in [6.45, 7) is 3.72. The molecule has 2 aromatic rings. The normalized spacial score (nSPS) is 13.0. The molecule has 1 fully saturated rings. The third-order valence-electron chi connectivity index (χ3n) is 4.52. The molecule has 1 saturated carbocycles. The van der Waals surface area contributed by atoms with E-state index in [9.17, 15) is 14.4 Å². The maximum Gasteiger partial charge on any atom is 0.251 e. The van der Waals surface area contributed by atoms with E-state index in [-0.39, 0.29) is 30.2 Å². The molecule has 6 nitrogen and oxygen atoms in total. The number of carbonyl (C=O) groups is 3. The molecule has 0 saturated heterocycles. The molecular formula is C21H23N3O3. The van der Waals surface area contributed by atoms with Crippen LogP contribution in [0.2, 0.25) is 0 Å². The number of amides is 3. The topological polar surface area (TPSA) is 87.3 Å². The Morgan fingerprint density at radius 1 is 0.926 bits per heavy atom. The lowest BCUT2D eigenvalue weighted by Gasteiger charge is -2.12. The molecule has 1 aliphatic rings. The molecule has 140 valence electrons. The first kappa shape index (κ1) is 18.6. The summed E-state index contributed by atoms with van der Waals surface area (Å²) < 4.78 is 0. The number of carbonyl (C=O) groups excluding carboxylic acids is 3. The van der Waals surface area contributed by atoms with Crippen LogP contribution in [0.4, 0.5) is 11.4 Å². The van der Waals surface area contributed by atoms with Crippen molar-refractivity contribution in [2.45, 2.75) is 26.7 Å². The molecule has 0 spiro atoms. The fourth-order valence-electron chi connectivity index (χ4n) is 2.75. The molecule has 0 atom stereocenters. The van der Waals surface area contributed by atoms with Crippen LogP contribution in [-0.4, -0.2) is 24.3 Å². The molecule has 27 heavy (non-hydrogen) atoms. The molecule has 1 aliphatic carbocycles. The summed E-state index contributed by atoms with van der Waals surface area (Å²) in [7, 11) is 0. The second-order valence-corrected chi connectivity index (χ2v) is 6.84. The first-order valence-corrected chi connectivity index (χ1v) is 8.99. The summed E-state index contributed by atoms with van der Waals surface area (Å²) in [5.41, 5.74) is 3.81. The lowest BCUT2D eigenvalue weighted by atomic mass is 10.1. The van der Waals surface area contributed by atoms with Crippen molar-refractivity contribution in [2.24, 2.45) is 5.92 Å². The van der Waals surface area contributed by atoms with Crippen LogP contribution in [0.15, 0.2) is 42.5 Å². The third kappa shape index (κ3) is 4.94. The molecule has 3 N–H and O–H groups in total. The van der Waals surface area contributed by atoms with Gasteiger partial charge in [-0.05, 0) is 62.1 Å². The number of benzene rings is 2. The van der Waals surface area contributed by atoms with Gasteiger partial charge >= 0.3 is 0 Å². The maximum absolute atomic E-state index is 12.2. The summed E-state index contributed by atoms with van der Waals surface area (Å²) in [5.74, 6) is -0.473. The van der Waals surface area contributed by atoms with Gasteiger partial charge in [0.25, 0.3) is 5.91 Å². The van der Waals surface area contributed by atoms with Crippen LogP contribution >= 0.6 is 0 Å². The van der Waals surface area contributed by atoms with Crippen LogP contribution in [0.25, 0.3) is 0 Å². The van der Waals surface area contributed by atoms with Crippen molar-refractivity contribution in [3.8, 4) is 0 Å². The van der Waals surface area contributed by atoms with Crippen LogP contribution in [0.3, 0.4) is 0 Å². The second kappa shape index (κ2) is 8.03. The van der Waals surface area contributed by atoms with E-state index < -0.39 is 0 Å². The van der Waals surface area contributed by atoms with Crippen molar-refractivity contribution < 1.29 is 14.4 Å². The van der Waals surface area contributed by atoms with Crippen LogP contribution in [0.5, 0.6) is 0 Å². The molecule has 0 aromatic heterocycles. The largest absolute Gasteiger partial charge is 0.343 e. The average Bonchev–Trinajstić information content (AvgIpc) is 3.49. The summed E-state index contributed by atoms with van der Waals surface area (Å²) in [6, 6.07) is 12.4.